The highest BCUT2D eigenvalue weighted by Crippen LogP contribution is 2.33. The lowest BCUT2D eigenvalue weighted by Gasteiger charge is -2.20. The zero-order valence-electron chi connectivity index (χ0n) is 10.8. The van der Waals surface area contributed by atoms with Crippen molar-refractivity contribution in [2.75, 3.05) is 24.6 Å². The van der Waals surface area contributed by atoms with Crippen molar-refractivity contribution >= 4 is 11.7 Å². The van der Waals surface area contributed by atoms with E-state index >= 15 is 0 Å². The van der Waals surface area contributed by atoms with E-state index in [1.807, 2.05) is 0 Å². The number of anilines is 1. The molecule has 0 aliphatic carbocycles. The average molecular weight is 306 g/mol. The summed E-state index contributed by atoms with van der Waals surface area (Å²) in [6, 6.07) is 2.33. The summed E-state index contributed by atoms with van der Waals surface area (Å²) in [6.07, 6.45) is -4.54. The minimum Gasteiger partial charge on any atom is -0.548 e. The summed E-state index contributed by atoms with van der Waals surface area (Å²) >= 11 is 0. The molecule has 8 heteroatoms. The molecular formula is C13H12F4NO3-. The predicted octanol–water partition coefficient (Wildman–Crippen LogP) is 1.19. The molecule has 2 rings (SSSR count). The van der Waals surface area contributed by atoms with Gasteiger partial charge in [0.15, 0.2) is 0 Å². The molecule has 0 N–H and O–H groups in total. The lowest BCUT2D eigenvalue weighted by atomic mass is 10.2. The van der Waals surface area contributed by atoms with Gasteiger partial charge < -0.3 is 19.5 Å². The first kappa shape index (κ1) is 15.6. The molecule has 1 aromatic rings. The molecule has 1 heterocycles. The molecule has 1 fully saturated rings. The van der Waals surface area contributed by atoms with Crippen LogP contribution >= 0.6 is 0 Å². The molecule has 116 valence electrons. The fourth-order valence-corrected chi connectivity index (χ4v) is 2.21. The molecule has 0 radical (unpaired) electrons. The Kier molecular flexibility index (Phi) is 4.36. The summed E-state index contributed by atoms with van der Waals surface area (Å²) in [5.41, 5.74) is -1.00. The second-order valence-corrected chi connectivity index (χ2v) is 4.70. The minimum absolute atomic E-state index is 0.0440. The third-order valence-electron chi connectivity index (χ3n) is 3.20. The highest BCUT2D eigenvalue weighted by Gasteiger charge is 2.32. The van der Waals surface area contributed by atoms with E-state index in [1.54, 1.807) is 0 Å². The fourth-order valence-electron chi connectivity index (χ4n) is 2.21. The van der Waals surface area contributed by atoms with Crippen molar-refractivity contribution in [3.8, 4) is 0 Å². The van der Waals surface area contributed by atoms with Gasteiger partial charge in [0.25, 0.3) is 0 Å². The van der Waals surface area contributed by atoms with Crippen LogP contribution < -0.4 is 10.0 Å². The summed E-state index contributed by atoms with van der Waals surface area (Å²) in [6.45, 7) is 0.0313. The third-order valence-corrected chi connectivity index (χ3v) is 3.20. The Morgan fingerprint density at radius 2 is 2.14 bits per heavy atom. The smallest absolute Gasteiger partial charge is 0.416 e. The van der Waals surface area contributed by atoms with E-state index in [-0.39, 0.29) is 12.2 Å². The minimum atomic E-state index is -4.59. The van der Waals surface area contributed by atoms with Crippen molar-refractivity contribution in [3.05, 3.63) is 29.6 Å². The zero-order chi connectivity index (χ0) is 15.6. The molecule has 1 aliphatic heterocycles. The molecule has 4 nitrogen and oxygen atoms in total. The number of aliphatic carboxylic acids is 1. The number of carbonyl (C=O) groups is 1. The van der Waals surface area contributed by atoms with E-state index in [2.05, 4.69) is 0 Å². The standard InChI is InChI=1S/C13H13F4NO3/c14-10-5-8(13(15,16)17)1-2-11(10)18-4-3-9(6-18)21-7-12(19)20/h1-2,5,9H,3-4,6-7H2,(H,19,20)/p-1. The van der Waals surface area contributed by atoms with E-state index in [0.29, 0.717) is 19.0 Å². The molecule has 1 saturated heterocycles. The Labute approximate surface area is 117 Å². The number of carbonyl (C=O) groups excluding carboxylic acids is 1. The Morgan fingerprint density at radius 3 is 2.71 bits per heavy atom. The van der Waals surface area contributed by atoms with Gasteiger partial charge >= 0.3 is 6.18 Å². The summed E-state index contributed by atoms with van der Waals surface area (Å²) < 4.78 is 56.2. The van der Waals surface area contributed by atoms with Crippen LogP contribution in [0.2, 0.25) is 0 Å². The van der Waals surface area contributed by atoms with Gasteiger partial charge in [0.05, 0.1) is 29.9 Å². The third kappa shape index (κ3) is 3.84. The van der Waals surface area contributed by atoms with E-state index in [4.69, 9.17) is 4.74 Å². The predicted molar refractivity (Wildman–Crippen MR) is 63.0 cm³/mol. The number of benzene rings is 1. The van der Waals surface area contributed by atoms with Crippen molar-refractivity contribution < 1.29 is 32.2 Å². The normalized spacial score (nSPS) is 19.0. The van der Waals surface area contributed by atoms with Crippen molar-refractivity contribution in [1.82, 2.24) is 0 Å². The Balaban J connectivity index is 2.05. The number of rotatable bonds is 4. The molecular weight excluding hydrogens is 294 g/mol. The summed E-state index contributed by atoms with van der Waals surface area (Å²) in [4.78, 5) is 11.8. The van der Waals surface area contributed by atoms with Crippen LogP contribution in [0.25, 0.3) is 0 Å². The van der Waals surface area contributed by atoms with Gasteiger partial charge in [0, 0.05) is 13.1 Å². The van der Waals surface area contributed by atoms with Crippen molar-refractivity contribution in [3.63, 3.8) is 0 Å². The first-order chi connectivity index (χ1) is 9.77. The summed E-state index contributed by atoms with van der Waals surface area (Å²) in [7, 11) is 0. The van der Waals surface area contributed by atoms with Gasteiger partial charge in [-0.05, 0) is 24.6 Å². The van der Waals surface area contributed by atoms with E-state index < -0.39 is 36.2 Å². The number of alkyl halides is 3. The lowest BCUT2D eigenvalue weighted by Crippen LogP contribution is -2.31. The molecule has 0 bridgehead atoms. The molecule has 1 unspecified atom stereocenters. The van der Waals surface area contributed by atoms with Gasteiger partial charge in [-0.25, -0.2) is 4.39 Å². The van der Waals surface area contributed by atoms with Gasteiger partial charge in [-0.15, -0.1) is 0 Å². The fraction of sp³-hybridized carbons (Fsp3) is 0.462. The first-order valence-corrected chi connectivity index (χ1v) is 6.20. The van der Waals surface area contributed by atoms with E-state index in [1.165, 1.54) is 4.90 Å². The highest BCUT2D eigenvalue weighted by molar-refractivity contribution is 5.65. The van der Waals surface area contributed by atoms with Crippen LogP contribution in [-0.2, 0) is 15.7 Å². The zero-order valence-corrected chi connectivity index (χ0v) is 10.8. The monoisotopic (exact) mass is 306 g/mol. The Morgan fingerprint density at radius 1 is 1.43 bits per heavy atom. The van der Waals surface area contributed by atoms with Crippen LogP contribution in [0, 0.1) is 5.82 Å². The van der Waals surface area contributed by atoms with Crippen LogP contribution in [0.1, 0.15) is 12.0 Å². The number of hydrogen-bond acceptors (Lipinski definition) is 4. The van der Waals surface area contributed by atoms with Crippen molar-refractivity contribution in [1.29, 1.82) is 0 Å². The van der Waals surface area contributed by atoms with Gasteiger partial charge in [0.1, 0.15) is 5.82 Å². The van der Waals surface area contributed by atoms with Crippen molar-refractivity contribution in [2.45, 2.75) is 18.7 Å². The van der Waals surface area contributed by atoms with Crippen LogP contribution in [0.3, 0.4) is 0 Å². The SMILES string of the molecule is O=C([O-])COC1CCN(c2ccc(C(F)(F)F)cc2F)C1. The summed E-state index contributed by atoms with van der Waals surface area (Å²) in [5, 5.41) is 10.3. The molecule has 21 heavy (non-hydrogen) atoms. The quantitative estimate of drug-likeness (QED) is 0.784. The lowest BCUT2D eigenvalue weighted by molar-refractivity contribution is -0.310. The molecule has 1 aliphatic rings. The summed E-state index contributed by atoms with van der Waals surface area (Å²) in [5.74, 6) is -2.32. The van der Waals surface area contributed by atoms with Gasteiger partial charge in [-0.2, -0.15) is 13.2 Å². The molecule has 0 amide bonds. The first-order valence-electron chi connectivity index (χ1n) is 6.20. The molecule has 0 saturated carbocycles. The van der Waals surface area contributed by atoms with Gasteiger partial charge in [-0.3, -0.25) is 0 Å². The molecule has 0 spiro atoms. The number of halogens is 4. The maximum atomic E-state index is 13.8. The van der Waals surface area contributed by atoms with Crippen LogP contribution in [0.15, 0.2) is 18.2 Å². The largest absolute Gasteiger partial charge is 0.548 e. The van der Waals surface area contributed by atoms with E-state index in [0.717, 1.165) is 12.1 Å². The van der Waals surface area contributed by atoms with Crippen LogP contribution in [-0.4, -0.2) is 31.8 Å². The van der Waals surface area contributed by atoms with Crippen LogP contribution in [0.5, 0.6) is 0 Å². The second-order valence-electron chi connectivity index (χ2n) is 4.70. The van der Waals surface area contributed by atoms with E-state index in [9.17, 15) is 27.5 Å². The van der Waals surface area contributed by atoms with Gasteiger partial charge in [0.2, 0.25) is 0 Å². The molecule has 1 atom stereocenters. The number of carboxylic acid groups (broad SMARTS) is 1. The number of ether oxygens (including phenoxy) is 1. The number of carboxylic acids is 1. The van der Waals surface area contributed by atoms with Crippen LogP contribution in [0.4, 0.5) is 23.2 Å². The maximum absolute atomic E-state index is 13.8. The van der Waals surface area contributed by atoms with Crippen molar-refractivity contribution in [2.24, 2.45) is 0 Å². The number of hydrogen-bond donors (Lipinski definition) is 0. The highest BCUT2D eigenvalue weighted by atomic mass is 19.4. The topological polar surface area (TPSA) is 52.6 Å². The molecule has 0 aromatic heterocycles. The molecule has 1 aromatic carbocycles. The Bertz CT molecular complexity index is 533. The Hall–Kier alpha value is -1.83. The number of nitrogens with zero attached hydrogens (tertiary/aromatic N) is 1. The maximum Gasteiger partial charge on any atom is 0.416 e. The van der Waals surface area contributed by atoms with Gasteiger partial charge in [-0.1, -0.05) is 0 Å². The second kappa shape index (κ2) is 5.88. The average Bonchev–Trinajstić information content (AvgIpc) is 2.83.